The number of nitrogens with zero attached hydrogens (tertiary/aromatic N) is 1. The van der Waals surface area contributed by atoms with E-state index >= 15 is 0 Å². The van der Waals surface area contributed by atoms with Gasteiger partial charge in [0.15, 0.2) is 0 Å². The zero-order valence-corrected chi connectivity index (χ0v) is 9.73. The summed E-state index contributed by atoms with van der Waals surface area (Å²) in [5.74, 6) is 0.640. The van der Waals surface area contributed by atoms with Crippen LogP contribution in [-0.2, 0) is 4.79 Å². The van der Waals surface area contributed by atoms with Gasteiger partial charge in [-0.05, 0) is 29.8 Å². The van der Waals surface area contributed by atoms with Crippen LogP contribution >= 0.6 is 0 Å². The van der Waals surface area contributed by atoms with Gasteiger partial charge in [0.05, 0.1) is 13.3 Å². The number of rotatable bonds is 4. The highest BCUT2D eigenvalue weighted by molar-refractivity contribution is 5.83. The molecule has 0 saturated carbocycles. The first-order valence-corrected chi connectivity index (χ1v) is 5.10. The summed E-state index contributed by atoms with van der Waals surface area (Å²) in [6.45, 7) is 3.64. The van der Waals surface area contributed by atoms with Crippen molar-refractivity contribution in [2.24, 2.45) is 11.0 Å². The fourth-order valence-corrected chi connectivity index (χ4v) is 0.990. The van der Waals surface area contributed by atoms with Crippen LogP contribution in [0.2, 0.25) is 0 Å². The fourth-order valence-electron chi connectivity index (χ4n) is 0.990. The van der Waals surface area contributed by atoms with Crippen LogP contribution in [0.4, 0.5) is 0 Å². The third kappa shape index (κ3) is 3.73. The molecule has 0 saturated heterocycles. The van der Waals surface area contributed by atoms with Gasteiger partial charge in [-0.15, -0.1) is 0 Å². The number of hydrazone groups is 1. The molecule has 1 aromatic carbocycles. The molecule has 0 aromatic heterocycles. The van der Waals surface area contributed by atoms with Crippen molar-refractivity contribution in [3.8, 4) is 5.75 Å². The maximum Gasteiger partial charge on any atom is 0.242 e. The van der Waals surface area contributed by atoms with Gasteiger partial charge in [-0.1, -0.05) is 13.8 Å². The van der Waals surface area contributed by atoms with E-state index in [4.69, 9.17) is 4.74 Å². The molecule has 0 unspecified atom stereocenters. The summed E-state index contributed by atoms with van der Waals surface area (Å²) in [5.41, 5.74) is 3.37. The average Bonchev–Trinajstić information content (AvgIpc) is 2.29. The number of benzene rings is 1. The molecule has 4 heteroatoms. The number of hydrogen-bond acceptors (Lipinski definition) is 3. The Morgan fingerprint density at radius 2 is 2.00 bits per heavy atom. The lowest BCUT2D eigenvalue weighted by Gasteiger charge is -2.01. The molecule has 1 aromatic rings. The first-order valence-electron chi connectivity index (χ1n) is 5.10. The Bertz CT molecular complexity index is 369. The number of carbonyl (C=O) groups excluding carboxylic acids is 1. The lowest BCUT2D eigenvalue weighted by molar-refractivity contribution is -0.123. The van der Waals surface area contributed by atoms with Crippen molar-refractivity contribution in [3.63, 3.8) is 0 Å². The van der Waals surface area contributed by atoms with Crippen molar-refractivity contribution in [3.05, 3.63) is 29.8 Å². The summed E-state index contributed by atoms with van der Waals surface area (Å²) >= 11 is 0. The molecule has 0 radical (unpaired) electrons. The topological polar surface area (TPSA) is 50.7 Å². The van der Waals surface area contributed by atoms with Gasteiger partial charge >= 0.3 is 0 Å². The third-order valence-corrected chi connectivity index (χ3v) is 2.03. The Labute approximate surface area is 95.3 Å². The normalized spacial score (nSPS) is 10.8. The molecule has 0 atom stereocenters. The van der Waals surface area contributed by atoms with Crippen molar-refractivity contribution in [2.75, 3.05) is 7.11 Å². The van der Waals surface area contributed by atoms with Gasteiger partial charge in [-0.2, -0.15) is 5.10 Å². The molecular weight excluding hydrogens is 204 g/mol. The maximum absolute atomic E-state index is 11.2. The highest BCUT2D eigenvalue weighted by Gasteiger charge is 2.03. The Morgan fingerprint density at radius 1 is 1.38 bits per heavy atom. The standard InChI is InChI=1S/C12H16N2O2/c1-9(2)12(15)14-13-8-10-4-6-11(16-3)7-5-10/h4-9H,1-3H3,(H,14,15). The second-order valence-electron chi connectivity index (χ2n) is 3.66. The van der Waals surface area contributed by atoms with Gasteiger partial charge in [0.2, 0.25) is 5.91 Å². The Kier molecular flexibility index (Phi) is 4.51. The Balaban J connectivity index is 2.53. The predicted octanol–water partition coefficient (Wildman–Crippen LogP) is 1.80. The second kappa shape index (κ2) is 5.90. The summed E-state index contributed by atoms with van der Waals surface area (Å²) < 4.78 is 5.03. The zero-order valence-electron chi connectivity index (χ0n) is 9.73. The molecule has 1 amide bonds. The van der Waals surface area contributed by atoms with Crippen LogP contribution in [0.3, 0.4) is 0 Å². The highest BCUT2D eigenvalue weighted by Crippen LogP contribution is 2.09. The molecule has 0 fully saturated rings. The summed E-state index contributed by atoms with van der Waals surface area (Å²) in [5, 5.41) is 3.85. The average molecular weight is 220 g/mol. The number of ether oxygens (including phenoxy) is 1. The molecule has 1 N–H and O–H groups in total. The molecule has 1 rings (SSSR count). The van der Waals surface area contributed by atoms with Crippen LogP contribution in [0.5, 0.6) is 5.75 Å². The zero-order chi connectivity index (χ0) is 12.0. The van der Waals surface area contributed by atoms with Crippen molar-refractivity contribution in [2.45, 2.75) is 13.8 Å². The monoisotopic (exact) mass is 220 g/mol. The van der Waals surface area contributed by atoms with E-state index in [9.17, 15) is 4.79 Å². The predicted molar refractivity (Wildman–Crippen MR) is 63.6 cm³/mol. The molecule has 16 heavy (non-hydrogen) atoms. The van der Waals surface area contributed by atoms with E-state index in [2.05, 4.69) is 10.5 Å². The van der Waals surface area contributed by atoms with E-state index in [1.165, 1.54) is 0 Å². The minimum Gasteiger partial charge on any atom is -0.497 e. The van der Waals surface area contributed by atoms with Crippen molar-refractivity contribution >= 4 is 12.1 Å². The Morgan fingerprint density at radius 3 is 2.50 bits per heavy atom. The third-order valence-electron chi connectivity index (χ3n) is 2.03. The van der Waals surface area contributed by atoms with Gasteiger partial charge < -0.3 is 4.74 Å². The molecular formula is C12H16N2O2. The molecule has 0 aliphatic carbocycles. The van der Waals surface area contributed by atoms with E-state index < -0.39 is 0 Å². The van der Waals surface area contributed by atoms with Gasteiger partial charge in [0.25, 0.3) is 0 Å². The molecule has 0 aliphatic rings. The van der Waals surface area contributed by atoms with E-state index in [0.29, 0.717) is 0 Å². The van der Waals surface area contributed by atoms with Crippen LogP contribution in [0.25, 0.3) is 0 Å². The molecule has 86 valence electrons. The number of methoxy groups -OCH3 is 1. The largest absolute Gasteiger partial charge is 0.497 e. The number of carbonyl (C=O) groups is 1. The molecule has 0 spiro atoms. The Hall–Kier alpha value is -1.84. The van der Waals surface area contributed by atoms with Crippen molar-refractivity contribution in [1.29, 1.82) is 0 Å². The minimum absolute atomic E-state index is 0.0620. The molecule has 4 nitrogen and oxygen atoms in total. The molecule has 0 aliphatic heterocycles. The van der Waals surface area contributed by atoms with Crippen molar-refractivity contribution < 1.29 is 9.53 Å². The summed E-state index contributed by atoms with van der Waals surface area (Å²) in [4.78, 5) is 11.2. The van der Waals surface area contributed by atoms with Gasteiger partial charge in [0.1, 0.15) is 5.75 Å². The molecule has 0 heterocycles. The summed E-state index contributed by atoms with van der Waals surface area (Å²) in [7, 11) is 1.62. The van der Waals surface area contributed by atoms with Crippen LogP contribution in [0, 0.1) is 5.92 Å². The first-order chi connectivity index (χ1) is 7.63. The van der Waals surface area contributed by atoms with Gasteiger partial charge in [0, 0.05) is 5.92 Å². The number of nitrogens with one attached hydrogen (secondary N) is 1. The minimum atomic E-state index is -0.0928. The fraction of sp³-hybridized carbons (Fsp3) is 0.333. The highest BCUT2D eigenvalue weighted by atomic mass is 16.5. The number of hydrogen-bond donors (Lipinski definition) is 1. The van der Waals surface area contributed by atoms with Crippen LogP contribution in [0.15, 0.2) is 29.4 Å². The van der Waals surface area contributed by atoms with E-state index in [0.717, 1.165) is 11.3 Å². The van der Waals surface area contributed by atoms with Crippen LogP contribution < -0.4 is 10.2 Å². The lowest BCUT2D eigenvalue weighted by atomic mass is 10.2. The van der Waals surface area contributed by atoms with E-state index in [1.54, 1.807) is 13.3 Å². The smallest absolute Gasteiger partial charge is 0.242 e. The lowest BCUT2D eigenvalue weighted by Crippen LogP contribution is -2.22. The summed E-state index contributed by atoms with van der Waals surface area (Å²) in [6, 6.07) is 7.41. The van der Waals surface area contributed by atoms with Gasteiger partial charge in [-0.3, -0.25) is 4.79 Å². The van der Waals surface area contributed by atoms with Crippen LogP contribution in [0.1, 0.15) is 19.4 Å². The first kappa shape index (κ1) is 12.2. The van der Waals surface area contributed by atoms with Crippen LogP contribution in [-0.4, -0.2) is 19.2 Å². The molecule has 0 bridgehead atoms. The van der Waals surface area contributed by atoms with E-state index in [-0.39, 0.29) is 11.8 Å². The van der Waals surface area contributed by atoms with E-state index in [1.807, 2.05) is 38.1 Å². The quantitative estimate of drug-likeness (QED) is 0.621. The second-order valence-corrected chi connectivity index (χ2v) is 3.66. The van der Waals surface area contributed by atoms with Gasteiger partial charge in [-0.25, -0.2) is 5.43 Å². The maximum atomic E-state index is 11.2. The summed E-state index contributed by atoms with van der Waals surface area (Å²) in [6.07, 6.45) is 1.60. The van der Waals surface area contributed by atoms with Crippen molar-refractivity contribution in [1.82, 2.24) is 5.43 Å². The number of amides is 1. The SMILES string of the molecule is COc1ccc(C=NNC(=O)C(C)C)cc1.